The topological polar surface area (TPSA) is 74.3 Å². The van der Waals surface area contributed by atoms with Gasteiger partial charge in [-0.2, -0.15) is 0 Å². The maximum Gasteiger partial charge on any atom is 0.355 e. The highest BCUT2D eigenvalue weighted by atomic mass is 16.7. The summed E-state index contributed by atoms with van der Waals surface area (Å²) in [6.07, 6.45) is 6.09. The molecule has 1 fully saturated rings. The first-order valence-electron chi connectivity index (χ1n) is 9.62. The van der Waals surface area contributed by atoms with Gasteiger partial charge in [-0.25, -0.2) is 9.59 Å². The van der Waals surface area contributed by atoms with Gasteiger partial charge in [0, 0.05) is 17.5 Å². The fraction of sp³-hybridized carbons (Fsp3) is 0.391. The van der Waals surface area contributed by atoms with Gasteiger partial charge in [-0.1, -0.05) is 18.2 Å². The molecule has 1 aromatic rings. The molecule has 0 aromatic heterocycles. The Hall–Kier alpha value is -2.90. The summed E-state index contributed by atoms with van der Waals surface area (Å²) in [6.45, 7) is 7.99. The van der Waals surface area contributed by atoms with Crippen LogP contribution in [0.1, 0.15) is 39.5 Å². The van der Waals surface area contributed by atoms with E-state index in [0.29, 0.717) is 5.69 Å². The molecule has 7 nitrogen and oxygen atoms in total. The second-order valence-electron chi connectivity index (χ2n) is 8.00. The Balaban J connectivity index is 1.96. The zero-order chi connectivity index (χ0) is 22.1. The highest BCUT2D eigenvalue weighted by Gasteiger charge is 2.49. The van der Waals surface area contributed by atoms with Gasteiger partial charge in [-0.05, 0) is 52.0 Å². The molecular weight excluding hydrogens is 386 g/mol. The Morgan fingerprint density at radius 3 is 2.00 bits per heavy atom. The smallest absolute Gasteiger partial charge is 0.355 e. The van der Waals surface area contributed by atoms with E-state index in [1.54, 1.807) is 23.3 Å². The number of methoxy groups -OCH3 is 2. The molecule has 160 valence electrons. The molecule has 0 amide bonds. The zero-order valence-corrected chi connectivity index (χ0v) is 18.1. The van der Waals surface area contributed by atoms with Crippen molar-refractivity contribution in [1.29, 1.82) is 0 Å². The first-order valence-corrected chi connectivity index (χ1v) is 9.62. The summed E-state index contributed by atoms with van der Waals surface area (Å²) in [6, 6.07) is 7.40. The summed E-state index contributed by atoms with van der Waals surface area (Å²) in [5.74, 6) is -1.28. The van der Waals surface area contributed by atoms with Crippen molar-refractivity contribution in [3.05, 3.63) is 65.5 Å². The zero-order valence-electron chi connectivity index (χ0n) is 18.1. The molecule has 2 heterocycles. The summed E-state index contributed by atoms with van der Waals surface area (Å²) in [5.41, 5.74) is 0.808. The number of anilines is 1. The van der Waals surface area contributed by atoms with Crippen LogP contribution in [0.5, 0.6) is 0 Å². The number of hydrogen-bond donors (Lipinski definition) is 0. The molecule has 2 aliphatic rings. The Bertz CT molecular complexity index is 908. The molecule has 0 unspecified atom stereocenters. The Morgan fingerprint density at radius 2 is 1.47 bits per heavy atom. The number of benzene rings is 1. The van der Waals surface area contributed by atoms with Gasteiger partial charge in [0.25, 0.3) is 0 Å². The summed E-state index contributed by atoms with van der Waals surface area (Å²) in [5, 5.41) is 0. The molecule has 0 atom stereocenters. The average molecular weight is 413 g/mol. The number of ether oxygens (including phenoxy) is 4. The average Bonchev–Trinajstić information content (AvgIpc) is 2.87. The Labute approximate surface area is 176 Å². The molecule has 2 aliphatic heterocycles. The number of esters is 2. The largest absolute Gasteiger partial charge is 0.465 e. The monoisotopic (exact) mass is 413 g/mol. The molecule has 1 saturated heterocycles. The Kier molecular flexibility index (Phi) is 5.87. The van der Waals surface area contributed by atoms with Crippen molar-refractivity contribution in [2.45, 2.75) is 45.2 Å². The lowest BCUT2D eigenvalue weighted by Gasteiger charge is -2.30. The fourth-order valence-corrected chi connectivity index (χ4v) is 3.14. The highest BCUT2D eigenvalue weighted by Crippen LogP contribution is 2.45. The van der Waals surface area contributed by atoms with E-state index in [1.165, 1.54) is 20.3 Å². The SMILES string of the molecule is COC(=O)C1=C(C(=O)OC)N(c2ccc(C3OC(C)(C)C(C)(C)O3)cc2)C=CC=C1. The van der Waals surface area contributed by atoms with E-state index >= 15 is 0 Å². The molecule has 0 saturated carbocycles. The fourth-order valence-electron chi connectivity index (χ4n) is 3.14. The van der Waals surface area contributed by atoms with Crippen molar-refractivity contribution < 1.29 is 28.5 Å². The predicted octanol–water partition coefficient (Wildman–Crippen LogP) is 3.78. The molecular formula is C23H27NO6. The molecule has 0 aliphatic carbocycles. The predicted molar refractivity (Wildman–Crippen MR) is 111 cm³/mol. The van der Waals surface area contributed by atoms with Crippen LogP contribution in [0, 0.1) is 0 Å². The van der Waals surface area contributed by atoms with Crippen LogP contribution in [-0.2, 0) is 28.5 Å². The highest BCUT2D eigenvalue weighted by molar-refractivity contribution is 6.05. The van der Waals surface area contributed by atoms with Crippen LogP contribution in [0.4, 0.5) is 5.69 Å². The molecule has 3 rings (SSSR count). The standard InChI is InChI=1S/C23H27NO6/c1-22(2)23(3,4)30-21(29-22)15-10-12-16(13-11-15)24-14-8-7-9-17(19(25)27-5)18(24)20(26)28-6/h7-14,21H,1-6H3. The minimum Gasteiger partial charge on any atom is -0.465 e. The summed E-state index contributed by atoms with van der Waals surface area (Å²) >= 11 is 0. The summed E-state index contributed by atoms with van der Waals surface area (Å²) in [7, 11) is 2.53. The van der Waals surface area contributed by atoms with E-state index in [2.05, 4.69) is 0 Å². The van der Waals surface area contributed by atoms with Gasteiger partial charge in [0.2, 0.25) is 0 Å². The molecule has 0 radical (unpaired) electrons. The third-order valence-electron chi connectivity index (χ3n) is 5.59. The van der Waals surface area contributed by atoms with E-state index in [1.807, 2.05) is 52.0 Å². The van der Waals surface area contributed by atoms with Gasteiger partial charge >= 0.3 is 11.9 Å². The van der Waals surface area contributed by atoms with E-state index < -0.39 is 29.4 Å². The summed E-state index contributed by atoms with van der Waals surface area (Å²) in [4.78, 5) is 26.4. The van der Waals surface area contributed by atoms with Gasteiger partial charge < -0.3 is 23.8 Å². The second kappa shape index (κ2) is 8.08. The van der Waals surface area contributed by atoms with Gasteiger partial charge in [0.1, 0.15) is 5.70 Å². The minimum atomic E-state index is -0.651. The molecule has 1 aromatic carbocycles. The van der Waals surface area contributed by atoms with Crippen LogP contribution in [0.3, 0.4) is 0 Å². The third kappa shape index (κ3) is 3.91. The number of carbonyl (C=O) groups excluding carboxylic acids is 2. The van der Waals surface area contributed by atoms with Crippen LogP contribution >= 0.6 is 0 Å². The van der Waals surface area contributed by atoms with Gasteiger partial charge in [0.15, 0.2) is 6.29 Å². The molecule has 30 heavy (non-hydrogen) atoms. The molecule has 0 N–H and O–H groups in total. The maximum atomic E-state index is 12.5. The lowest BCUT2D eigenvalue weighted by Crippen LogP contribution is -2.41. The van der Waals surface area contributed by atoms with Crippen LogP contribution in [0.25, 0.3) is 0 Å². The normalized spacial score (nSPS) is 20.3. The van der Waals surface area contributed by atoms with Crippen molar-refractivity contribution >= 4 is 17.6 Å². The number of carbonyl (C=O) groups is 2. The van der Waals surface area contributed by atoms with Crippen molar-refractivity contribution in [3.63, 3.8) is 0 Å². The van der Waals surface area contributed by atoms with Crippen LogP contribution in [0.15, 0.2) is 60.0 Å². The van der Waals surface area contributed by atoms with Crippen LogP contribution in [-0.4, -0.2) is 37.4 Å². The van der Waals surface area contributed by atoms with E-state index in [0.717, 1.165) is 5.56 Å². The second-order valence-corrected chi connectivity index (χ2v) is 8.00. The Morgan fingerprint density at radius 1 is 0.900 bits per heavy atom. The molecule has 7 heteroatoms. The molecule has 0 bridgehead atoms. The van der Waals surface area contributed by atoms with Crippen LogP contribution < -0.4 is 4.90 Å². The number of allylic oxidation sites excluding steroid dienone is 2. The number of hydrogen-bond acceptors (Lipinski definition) is 7. The van der Waals surface area contributed by atoms with Crippen LogP contribution in [0.2, 0.25) is 0 Å². The molecule has 0 spiro atoms. The van der Waals surface area contributed by atoms with E-state index in [9.17, 15) is 9.59 Å². The number of nitrogens with zero attached hydrogens (tertiary/aromatic N) is 1. The van der Waals surface area contributed by atoms with Gasteiger partial charge in [-0.3, -0.25) is 0 Å². The van der Waals surface area contributed by atoms with E-state index in [-0.39, 0.29) is 11.3 Å². The third-order valence-corrected chi connectivity index (χ3v) is 5.59. The lowest BCUT2D eigenvalue weighted by atomic mass is 9.90. The van der Waals surface area contributed by atoms with Crippen molar-refractivity contribution in [2.75, 3.05) is 19.1 Å². The van der Waals surface area contributed by atoms with Crippen molar-refractivity contribution in [2.24, 2.45) is 0 Å². The van der Waals surface area contributed by atoms with Crippen molar-refractivity contribution in [1.82, 2.24) is 0 Å². The quantitative estimate of drug-likeness (QED) is 0.696. The first-order chi connectivity index (χ1) is 14.1. The minimum absolute atomic E-state index is 0.0673. The first kappa shape index (κ1) is 21.8. The van der Waals surface area contributed by atoms with Crippen molar-refractivity contribution in [3.8, 4) is 0 Å². The van der Waals surface area contributed by atoms with E-state index in [4.69, 9.17) is 18.9 Å². The van der Waals surface area contributed by atoms with Gasteiger partial charge in [0.05, 0.1) is 31.0 Å². The van der Waals surface area contributed by atoms with Gasteiger partial charge in [-0.15, -0.1) is 0 Å². The summed E-state index contributed by atoms with van der Waals surface area (Å²) < 4.78 is 21.9. The number of rotatable bonds is 4. The lowest BCUT2D eigenvalue weighted by molar-refractivity contribution is -0.139. The maximum absolute atomic E-state index is 12.5.